The van der Waals surface area contributed by atoms with E-state index in [2.05, 4.69) is 15.6 Å². The van der Waals surface area contributed by atoms with E-state index >= 15 is 0 Å². The first kappa shape index (κ1) is 18.5. The molecule has 0 saturated heterocycles. The minimum atomic E-state index is -1.74. The Bertz CT molecular complexity index is 1100. The van der Waals surface area contributed by atoms with Crippen LogP contribution in [0.5, 0.6) is 11.5 Å². The first-order chi connectivity index (χ1) is 13.4. The van der Waals surface area contributed by atoms with Crippen molar-refractivity contribution >= 4 is 55.8 Å². The summed E-state index contributed by atoms with van der Waals surface area (Å²) in [7, 11) is 0. The number of nitrogens with zero attached hydrogens (tertiary/aromatic N) is 1. The highest BCUT2D eigenvalue weighted by atomic mass is 35.5. The molecule has 1 aliphatic rings. The number of carbonyl (C=O) groups excluding carboxylic acids is 2. The van der Waals surface area contributed by atoms with Crippen LogP contribution in [0.4, 0.5) is 10.8 Å². The third-order valence-corrected chi connectivity index (χ3v) is 5.43. The molecule has 0 aliphatic carbocycles. The Morgan fingerprint density at radius 3 is 2.96 bits per heavy atom. The van der Waals surface area contributed by atoms with E-state index in [4.69, 9.17) is 21.1 Å². The summed E-state index contributed by atoms with van der Waals surface area (Å²) in [5.41, 5.74) is -0.594. The van der Waals surface area contributed by atoms with E-state index in [-0.39, 0.29) is 0 Å². The summed E-state index contributed by atoms with van der Waals surface area (Å²) in [5, 5.41) is 6.17. The van der Waals surface area contributed by atoms with Crippen LogP contribution < -0.4 is 20.1 Å². The van der Waals surface area contributed by atoms with Crippen LogP contribution in [-0.2, 0) is 9.59 Å². The van der Waals surface area contributed by atoms with E-state index in [0.717, 1.165) is 16.0 Å². The molecule has 0 radical (unpaired) electrons. The lowest BCUT2D eigenvalue weighted by Gasteiger charge is -2.33. The minimum Gasteiger partial charge on any atom is -0.494 e. The molecule has 1 aromatic heterocycles. The van der Waals surface area contributed by atoms with Crippen molar-refractivity contribution in [3.63, 3.8) is 0 Å². The molecule has 2 heterocycles. The van der Waals surface area contributed by atoms with Crippen molar-refractivity contribution in [1.82, 2.24) is 4.98 Å². The van der Waals surface area contributed by atoms with Crippen molar-refractivity contribution in [2.75, 3.05) is 17.2 Å². The maximum Gasteiger partial charge on any atom is 0.280 e. The fourth-order valence-corrected chi connectivity index (χ4v) is 3.84. The summed E-state index contributed by atoms with van der Waals surface area (Å²) in [6.45, 7) is 3.88. The van der Waals surface area contributed by atoms with Crippen molar-refractivity contribution in [2.24, 2.45) is 0 Å². The van der Waals surface area contributed by atoms with Crippen molar-refractivity contribution in [1.29, 1.82) is 0 Å². The Morgan fingerprint density at radius 2 is 2.18 bits per heavy atom. The van der Waals surface area contributed by atoms with Gasteiger partial charge in [-0.2, -0.15) is 0 Å². The van der Waals surface area contributed by atoms with Gasteiger partial charge in [0.1, 0.15) is 11.5 Å². The maximum atomic E-state index is 12.8. The molecule has 4 rings (SSSR count). The van der Waals surface area contributed by atoms with Gasteiger partial charge in [-0.25, -0.2) is 4.98 Å². The predicted octanol–water partition coefficient (Wildman–Crippen LogP) is 4.08. The molecule has 0 saturated carbocycles. The second-order valence-corrected chi connectivity index (χ2v) is 7.73. The summed E-state index contributed by atoms with van der Waals surface area (Å²) in [6.07, 6.45) is 0. The van der Waals surface area contributed by atoms with Gasteiger partial charge in [-0.1, -0.05) is 22.9 Å². The van der Waals surface area contributed by atoms with Crippen LogP contribution in [0.3, 0.4) is 0 Å². The van der Waals surface area contributed by atoms with Gasteiger partial charge in [-0.3, -0.25) is 14.9 Å². The number of anilines is 2. The summed E-state index contributed by atoms with van der Waals surface area (Å²) in [4.78, 5) is 29.8. The zero-order chi connectivity index (χ0) is 19.9. The number of halogens is 1. The standard InChI is InChI=1S/C19H16ClN3O4S/c1-3-26-11-5-6-12-15(9-11)28-18(22-12)23-17(25)19(2)16(24)21-13-8-10(20)4-7-14(13)27-19/h4-9H,3H2,1-2H3,(H,21,24)(H,22,23,25). The Labute approximate surface area is 169 Å². The van der Waals surface area contributed by atoms with Crippen LogP contribution in [0.2, 0.25) is 5.02 Å². The molecule has 3 aromatic rings. The van der Waals surface area contributed by atoms with Crippen LogP contribution >= 0.6 is 22.9 Å². The Morgan fingerprint density at radius 1 is 1.36 bits per heavy atom. The predicted molar refractivity (Wildman–Crippen MR) is 109 cm³/mol. The number of nitrogens with one attached hydrogen (secondary N) is 2. The zero-order valence-corrected chi connectivity index (χ0v) is 16.6. The fourth-order valence-electron chi connectivity index (χ4n) is 2.78. The normalized spacial score (nSPS) is 18.2. The Kier molecular flexibility index (Phi) is 4.60. The van der Waals surface area contributed by atoms with E-state index in [1.165, 1.54) is 18.3 Å². The third kappa shape index (κ3) is 3.25. The number of fused-ring (bicyclic) bond motifs is 2. The maximum absolute atomic E-state index is 12.8. The first-order valence-corrected chi connectivity index (χ1v) is 9.73. The number of benzene rings is 2. The molecule has 144 valence electrons. The summed E-state index contributed by atoms with van der Waals surface area (Å²) >= 11 is 7.22. The Balaban J connectivity index is 1.58. The second-order valence-electron chi connectivity index (χ2n) is 6.27. The molecule has 7 nitrogen and oxygen atoms in total. The molecule has 2 amide bonds. The number of aromatic nitrogens is 1. The van der Waals surface area contributed by atoms with Gasteiger partial charge in [0.05, 0.1) is 22.5 Å². The van der Waals surface area contributed by atoms with Gasteiger partial charge >= 0.3 is 0 Å². The van der Waals surface area contributed by atoms with Gasteiger partial charge in [0.15, 0.2) is 5.13 Å². The summed E-state index contributed by atoms with van der Waals surface area (Å²) in [6, 6.07) is 10.3. The van der Waals surface area contributed by atoms with Gasteiger partial charge in [0, 0.05) is 5.02 Å². The molecule has 0 spiro atoms. The van der Waals surface area contributed by atoms with Crippen molar-refractivity contribution in [3.8, 4) is 11.5 Å². The monoisotopic (exact) mass is 417 g/mol. The molecule has 0 bridgehead atoms. The van der Waals surface area contributed by atoms with E-state index in [1.807, 2.05) is 25.1 Å². The topological polar surface area (TPSA) is 89.6 Å². The second kappa shape index (κ2) is 6.96. The number of amides is 2. The summed E-state index contributed by atoms with van der Waals surface area (Å²) < 4.78 is 12.1. The molecule has 2 aromatic carbocycles. The van der Waals surface area contributed by atoms with Crippen molar-refractivity contribution < 1.29 is 19.1 Å². The zero-order valence-electron chi connectivity index (χ0n) is 15.0. The average Bonchev–Trinajstić information content (AvgIpc) is 3.05. The first-order valence-electron chi connectivity index (χ1n) is 8.54. The molecular weight excluding hydrogens is 402 g/mol. The average molecular weight is 418 g/mol. The largest absolute Gasteiger partial charge is 0.494 e. The lowest BCUT2D eigenvalue weighted by molar-refractivity contribution is -0.143. The number of hydrogen-bond acceptors (Lipinski definition) is 6. The van der Waals surface area contributed by atoms with Crippen LogP contribution in [0, 0.1) is 0 Å². The van der Waals surface area contributed by atoms with E-state index < -0.39 is 17.4 Å². The number of ether oxygens (including phenoxy) is 2. The van der Waals surface area contributed by atoms with Crippen molar-refractivity contribution in [3.05, 3.63) is 41.4 Å². The summed E-state index contributed by atoms with van der Waals surface area (Å²) in [5.74, 6) is -0.102. The number of rotatable bonds is 4. The highest BCUT2D eigenvalue weighted by molar-refractivity contribution is 7.22. The van der Waals surface area contributed by atoms with Gasteiger partial charge < -0.3 is 14.8 Å². The van der Waals surface area contributed by atoms with E-state index in [9.17, 15) is 9.59 Å². The number of thiazole rings is 1. The quantitative estimate of drug-likeness (QED) is 0.624. The molecule has 1 unspecified atom stereocenters. The van der Waals surface area contributed by atoms with Crippen LogP contribution in [-0.4, -0.2) is 29.0 Å². The minimum absolute atomic E-state index is 0.368. The number of carbonyl (C=O) groups is 2. The fraction of sp³-hybridized carbons (Fsp3) is 0.211. The van der Waals surface area contributed by atoms with Gasteiger partial charge in [-0.15, -0.1) is 0 Å². The van der Waals surface area contributed by atoms with Crippen LogP contribution in [0.15, 0.2) is 36.4 Å². The molecule has 0 fully saturated rings. The molecular formula is C19H16ClN3O4S. The van der Waals surface area contributed by atoms with Gasteiger partial charge in [0.2, 0.25) is 0 Å². The third-order valence-electron chi connectivity index (χ3n) is 4.26. The SMILES string of the molecule is CCOc1ccc2nc(NC(=O)C3(C)Oc4ccc(Cl)cc4NC3=O)sc2c1. The van der Waals surface area contributed by atoms with Gasteiger partial charge in [-0.05, 0) is 50.2 Å². The molecule has 1 aliphatic heterocycles. The molecule has 1 atom stereocenters. The highest BCUT2D eigenvalue weighted by Crippen LogP contribution is 2.36. The highest BCUT2D eigenvalue weighted by Gasteiger charge is 2.47. The lowest BCUT2D eigenvalue weighted by atomic mass is 10.0. The number of hydrogen-bond donors (Lipinski definition) is 2. The van der Waals surface area contributed by atoms with Crippen LogP contribution in [0.25, 0.3) is 10.2 Å². The molecule has 9 heteroatoms. The van der Waals surface area contributed by atoms with E-state index in [1.54, 1.807) is 18.2 Å². The lowest BCUT2D eigenvalue weighted by Crippen LogP contribution is -2.56. The Hall–Kier alpha value is -2.84. The van der Waals surface area contributed by atoms with E-state index in [0.29, 0.717) is 28.2 Å². The van der Waals surface area contributed by atoms with Crippen molar-refractivity contribution in [2.45, 2.75) is 19.4 Å². The van der Waals surface area contributed by atoms with Crippen LogP contribution in [0.1, 0.15) is 13.8 Å². The molecule has 28 heavy (non-hydrogen) atoms. The smallest absolute Gasteiger partial charge is 0.280 e. The molecule has 2 N–H and O–H groups in total. The van der Waals surface area contributed by atoms with Gasteiger partial charge in [0.25, 0.3) is 17.4 Å².